The molecule has 0 unspecified atom stereocenters. The summed E-state index contributed by atoms with van der Waals surface area (Å²) in [7, 11) is 0. The van der Waals surface area contributed by atoms with E-state index in [1.807, 2.05) is 58.0 Å². The van der Waals surface area contributed by atoms with E-state index in [2.05, 4.69) is 27.0 Å². The Balaban J connectivity index is 1.58. The normalized spacial score (nSPS) is 42.3. The van der Waals surface area contributed by atoms with E-state index < -0.39 is 46.6 Å². The summed E-state index contributed by atoms with van der Waals surface area (Å²) < 4.78 is 19.1. The number of carbonyl (C=O) groups excluding carboxylic acids is 2. The smallest absolute Gasteiger partial charge is 0.331 e. The number of esters is 1. The number of ether oxygens (including phenoxy) is 3. The third kappa shape index (κ3) is 4.31. The molecular formula is C35H46O6. The number of Topliss-reactive ketones (excluding diaryl/α,β-unsaturated/α-hetero) is 1. The summed E-state index contributed by atoms with van der Waals surface area (Å²) in [6.07, 6.45) is 2.79. The Morgan fingerprint density at radius 2 is 1.68 bits per heavy atom. The Kier molecular flexibility index (Phi) is 7.12. The van der Waals surface area contributed by atoms with Crippen LogP contribution in [-0.2, 0) is 23.8 Å². The number of aliphatic hydroxyl groups excluding tert-OH is 1. The molecule has 0 amide bonds. The third-order valence-electron chi connectivity index (χ3n) is 11.3. The minimum atomic E-state index is -1.40. The van der Waals surface area contributed by atoms with Crippen LogP contribution in [-0.4, -0.2) is 40.8 Å². The third-order valence-corrected chi connectivity index (χ3v) is 11.3. The second-order valence-electron chi connectivity index (χ2n) is 14.2. The molecule has 6 nitrogen and oxygen atoms in total. The van der Waals surface area contributed by atoms with Crippen LogP contribution in [0.2, 0.25) is 0 Å². The lowest BCUT2D eigenvalue weighted by atomic mass is 9.46. The van der Waals surface area contributed by atoms with Crippen LogP contribution < -0.4 is 0 Å². The van der Waals surface area contributed by atoms with Crippen LogP contribution in [0.5, 0.6) is 0 Å². The van der Waals surface area contributed by atoms with E-state index in [1.165, 1.54) is 6.08 Å². The molecule has 4 saturated carbocycles. The first-order valence-electron chi connectivity index (χ1n) is 14.9. The van der Waals surface area contributed by atoms with E-state index in [1.54, 1.807) is 13.0 Å². The minimum Gasteiger partial charge on any atom is -0.494 e. The van der Waals surface area contributed by atoms with Gasteiger partial charge in [0.15, 0.2) is 11.4 Å². The molecule has 0 spiro atoms. The molecule has 0 aliphatic heterocycles. The quantitative estimate of drug-likeness (QED) is 0.232. The molecule has 0 bridgehead atoms. The van der Waals surface area contributed by atoms with Crippen molar-refractivity contribution in [1.82, 2.24) is 0 Å². The number of fused-ring (bicyclic) bond motifs is 3. The number of hydrogen-bond acceptors (Lipinski definition) is 6. The number of rotatable bonds is 7. The summed E-state index contributed by atoms with van der Waals surface area (Å²) >= 11 is 0. The summed E-state index contributed by atoms with van der Waals surface area (Å²) in [5.41, 5.74) is -2.42. The second kappa shape index (κ2) is 9.86. The first-order valence-corrected chi connectivity index (χ1v) is 14.9. The maximum atomic E-state index is 15.2. The Hall–Kier alpha value is -2.86. The largest absolute Gasteiger partial charge is 0.494 e. The molecule has 4 aliphatic rings. The fraction of sp³-hybridized carbons (Fsp3) is 0.600. The van der Waals surface area contributed by atoms with Crippen LogP contribution in [0.3, 0.4) is 0 Å². The van der Waals surface area contributed by atoms with Gasteiger partial charge in [-0.1, -0.05) is 71.2 Å². The molecule has 10 atom stereocenters. The molecule has 0 heterocycles. The van der Waals surface area contributed by atoms with Crippen LogP contribution in [0.25, 0.3) is 6.08 Å². The van der Waals surface area contributed by atoms with E-state index in [-0.39, 0.29) is 23.0 Å². The highest BCUT2D eigenvalue weighted by molar-refractivity contribution is 5.96. The maximum Gasteiger partial charge on any atom is 0.331 e. The highest BCUT2D eigenvalue weighted by atomic mass is 16.6. The van der Waals surface area contributed by atoms with Crippen molar-refractivity contribution in [2.24, 2.45) is 39.9 Å². The van der Waals surface area contributed by atoms with Gasteiger partial charge in [0, 0.05) is 23.8 Å². The van der Waals surface area contributed by atoms with Gasteiger partial charge in [-0.15, -0.1) is 0 Å². The second-order valence-corrected chi connectivity index (χ2v) is 14.2. The molecule has 5 rings (SSSR count). The van der Waals surface area contributed by atoms with Gasteiger partial charge in [0.25, 0.3) is 0 Å². The van der Waals surface area contributed by atoms with Gasteiger partial charge in [-0.25, -0.2) is 4.79 Å². The monoisotopic (exact) mass is 562 g/mol. The van der Waals surface area contributed by atoms with E-state index in [0.29, 0.717) is 30.3 Å². The maximum absolute atomic E-state index is 15.2. The zero-order chi connectivity index (χ0) is 30.1. The first-order chi connectivity index (χ1) is 19.1. The van der Waals surface area contributed by atoms with Gasteiger partial charge in [-0.05, 0) is 62.5 Å². The zero-order valence-electron chi connectivity index (χ0n) is 25.6. The van der Waals surface area contributed by atoms with E-state index in [4.69, 9.17) is 14.2 Å². The Labute approximate surface area is 244 Å². The van der Waals surface area contributed by atoms with Crippen LogP contribution in [0.15, 0.2) is 61.1 Å². The predicted molar refractivity (Wildman–Crippen MR) is 158 cm³/mol. The van der Waals surface area contributed by atoms with Gasteiger partial charge >= 0.3 is 5.97 Å². The van der Waals surface area contributed by atoms with Gasteiger partial charge in [0.05, 0.1) is 29.0 Å². The molecule has 222 valence electrons. The Morgan fingerprint density at radius 1 is 1.02 bits per heavy atom. The summed E-state index contributed by atoms with van der Waals surface area (Å²) in [5, 5.41) is 12.5. The minimum absolute atomic E-state index is 0.0149. The molecule has 4 aliphatic carbocycles. The van der Waals surface area contributed by atoms with Gasteiger partial charge in [0.1, 0.15) is 12.2 Å². The average Bonchev–Trinajstić information content (AvgIpc) is 3.37. The number of ketones is 1. The number of hydrogen-bond donors (Lipinski definition) is 1. The highest BCUT2D eigenvalue weighted by Gasteiger charge is 2.81. The molecule has 1 aromatic carbocycles. The predicted octanol–water partition coefficient (Wildman–Crippen LogP) is 6.50. The van der Waals surface area contributed by atoms with Gasteiger partial charge in [0.2, 0.25) is 0 Å². The van der Waals surface area contributed by atoms with Crippen LogP contribution >= 0.6 is 0 Å². The Morgan fingerprint density at radius 3 is 2.29 bits per heavy atom. The molecule has 41 heavy (non-hydrogen) atoms. The lowest BCUT2D eigenvalue weighted by Crippen LogP contribution is -2.73. The van der Waals surface area contributed by atoms with Crippen LogP contribution in [0.4, 0.5) is 0 Å². The van der Waals surface area contributed by atoms with E-state index in [0.717, 1.165) is 12.0 Å². The molecule has 0 saturated heterocycles. The Bertz CT molecular complexity index is 1280. The summed E-state index contributed by atoms with van der Waals surface area (Å²) in [6.45, 7) is 22.0. The number of benzene rings is 1. The molecule has 4 fully saturated rings. The van der Waals surface area contributed by atoms with Crippen molar-refractivity contribution in [3.8, 4) is 0 Å². The first kappa shape index (κ1) is 29.6. The van der Waals surface area contributed by atoms with Gasteiger partial charge in [-0.2, -0.15) is 0 Å². The average molecular weight is 563 g/mol. The van der Waals surface area contributed by atoms with Crippen LogP contribution in [0, 0.1) is 39.9 Å². The van der Waals surface area contributed by atoms with Crippen molar-refractivity contribution < 1.29 is 28.9 Å². The van der Waals surface area contributed by atoms with Crippen molar-refractivity contribution in [1.29, 1.82) is 0 Å². The van der Waals surface area contributed by atoms with Gasteiger partial charge < -0.3 is 19.3 Å². The van der Waals surface area contributed by atoms with E-state index in [9.17, 15) is 9.90 Å². The van der Waals surface area contributed by atoms with Crippen molar-refractivity contribution in [2.45, 2.75) is 91.6 Å². The SMILES string of the molecule is C=C(C)O[C@@H]1[C@H]2[C@@H](CC[C@@]3(C)[C@H](O)[C@H]4[C@H](OC(=O)/C=C/c5ccccc5)[C@@H](C)C[C@]4(OC(=C)C)C(=O)[C@@]13C)C2(C)C. The molecule has 6 heteroatoms. The fourth-order valence-corrected chi connectivity index (χ4v) is 9.01. The van der Waals surface area contributed by atoms with Gasteiger partial charge in [-0.3, -0.25) is 4.79 Å². The fourth-order valence-electron chi connectivity index (χ4n) is 9.01. The van der Waals surface area contributed by atoms with Crippen molar-refractivity contribution in [2.75, 3.05) is 0 Å². The zero-order valence-corrected chi connectivity index (χ0v) is 25.6. The molecule has 1 N–H and O–H groups in total. The lowest BCUT2D eigenvalue weighted by Gasteiger charge is -2.61. The molecule has 1 aromatic rings. The highest BCUT2D eigenvalue weighted by Crippen LogP contribution is 2.74. The summed E-state index contributed by atoms with van der Waals surface area (Å²) in [4.78, 5) is 28.4. The number of aliphatic hydroxyl groups is 1. The summed E-state index contributed by atoms with van der Waals surface area (Å²) in [6, 6.07) is 9.52. The number of carbonyl (C=O) groups is 2. The molecule has 0 radical (unpaired) electrons. The lowest BCUT2D eigenvalue weighted by molar-refractivity contribution is -0.235. The molecular weight excluding hydrogens is 516 g/mol. The number of allylic oxidation sites excluding steroid dienone is 2. The van der Waals surface area contributed by atoms with E-state index >= 15 is 4.79 Å². The van der Waals surface area contributed by atoms with Crippen molar-refractivity contribution >= 4 is 17.8 Å². The van der Waals surface area contributed by atoms with Crippen LogP contribution in [0.1, 0.15) is 73.3 Å². The standard InChI is InChI=1S/C35H46O6/c1-20(2)39-30-26-24(32(26,6)7)17-18-33(8)29(37)27-28(40-25(36)16-15-23-13-11-10-12-14-23)22(5)19-35(27,41-21(3)4)31(38)34(30,33)9/h10-16,22,24,26-30,37H,1,3,17-19H2,2,4-9H3/b16-15+/t22-,24+,26+,27+,28+,29+,30+,33-,34+,35+/m0/s1. The van der Waals surface area contributed by atoms with Crippen molar-refractivity contribution in [3.05, 3.63) is 66.6 Å². The molecule has 0 aromatic heterocycles. The topological polar surface area (TPSA) is 82.1 Å². The van der Waals surface area contributed by atoms with Crippen molar-refractivity contribution in [3.63, 3.8) is 0 Å². The summed E-state index contributed by atoms with van der Waals surface area (Å²) in [5.74, 6) is -0.114.